The smallest absolute Gasteiger partial charge is 0.237 e. The maximum absolute atomic E-state index is 13.6. The molecule has 0 aromatic heterocycles. The number of piperidine rings is 1. The summed E-state index contributed by atoms with van der Waals surface area (Å²) < 4.78 is 13.6. The molecule has 2 fully saturated rings. The molecule has 3 rings (SSSR count). The van der Waals surface area contributed by atoms with Crippen molar-refractivity contribution < 1.29 is 9.18 Å². The predicted molar refractivity (Wildman–Crippen MR) is 97.7 cm³/mol. The van der Waals surface area contributed by atoms with E-state index in [2.05, 4.69) is 15.5 Å². The first-order chi connectivity index (χ1) is 12.1. The van der Waals surface area contributed by atoms with Crippen LogP contribution < -0.4 is 10.6 Å². The molecule has 1 saturated carbocycles. The van der Waals surface area contributed by atoms with Crippen molar-refractivity contribution >= 4 is 5.91 Å². The quantitative estimate of drug-likeness (QED) is 0.832. The number of amides is 1. The van der Waals surface area contributed by atoms with Crippen LogP contribution in [-0.4, -0.2) is 42.0 Å². The highest BCUT2D eigenvalue weighted by molar-refractivity contribution is 5.81. The van der Waals surface area contributed by atoms with Gasteiger partial charge in [-0.2, -0.15) is 0 Å². The van der Waals surface area contributed by atoms with Gasteiger partial charge in [-0.15, -0.1) is 0 Å². The maximum Gasteiger partial charge on any atom is 0.237 e. The fourth-order valence-electron chi connectivity index (χ4n) is 4.02. The van der Waals surface area contributed by atoms with Crippen LogP contribution in [0.3, 0.4) is 0 Å². The van der Waals surface area contributed by atoms with Gasteiger partial charge < -0.3 is 10.6 Å². The van der Waals surface area contributed by atoms with E-state index in [0.717, 1.165) is 25.9 Å². The summed E-state index contributed by atoms with van der Waals surface area (Å²) in [5.74, 6) is -0.292. The van der Waals surface area contributed by atoms with Crippen LogP contribution in [0.1, 0.15) is 51.0 Å². The molecule has 4 nitrogen and oxygen atoms in total. The number of hydrogen-bond donors (Lipinski definition) is 2. The predicted octanol–water partition coefficient (Wildman–Crippen LogP) is 2.83. The molecule has 0 spiro atoms. The summed E-state index contributed by atoms with van der Waals surface area (Å²) in [6.07, 6.45) is 7.54. The van der Waals surface area contributed by atoms with Crippen LogP contribution in [0.15, 0.2) is 24.3 Å². The molecule has 1 atom stereocenters. The zero-order chi connectivity index (χ0) is 17.6. The van der Waals surface area contributed by atoms with Crippen molar-refractivity contribution in [3.8, 4) is 0 Å². The number of nitrogens with zero attached hydrogens (tertiary/aromatic N) is 1. The van der Waals surface area contributed by atoms with Crippen LogP contribution in [0.2, 0.25) is 0 Å². The number of rotatable bonds is 6. The van der Waals surface area contributed by atoms with Crippen molar-refractivity contribution in [3.63, 3.8) is 0 Å². The largest absolute Gasteiger partial charge is 0.351 e. The summed E-state index contributed by atoms with van der Waals surface area (Å²) in [4.78, 5) is 14.6. The standard InChI is InChI=1S/C20H30FN3O/c1-15(20(25)22-14-16-6-2-5-9-19(16)21)24-12-10-18(11-13-24)23-17-7-3-4-8-17/h2,5-6,9,15,17-18,23H,3-4,7-8,10-14H2,1H3,(H,22,25). The third-order valence-corrected chi connectivity index (χ3v) is 5.69. The zero-order valence-corrected chi connectivity index (χ0v) is 15.1. The second kappa shape index (κ2) is 8.77. The second-order valence-corrected chi connectivity index (χ2v) is 7.44. The van der Waals surface area contributed by atoms with E-state index in [9.17, 15) is 9.18 Å². The molecule has 138 valence electrons. The third-order valence-electron chi connectivity index (χ3n) is 5.69. The summed E-state index contributed by atoms with van der Waals surface area (Å²) >= 11 is 0. The third kappa shape index (κ3) is 5.02. The minimum absolute atomic E-state index is 0.0227. The van der Waals surface area contributed by atoms with E-state index in [1.807, 2.05) is 6.92 Å². The molecule has 1 aromatic rings. The Morgan fingerprint density at radius 3 is 2.48 bits per heavy atom. The van der Waals surface area contributed by atoms with Crippen LogP contribution in [0, 0.1) is 5.82 Å². The average molecular weight is 347 g/mol. The Bertz CT molecular complexity index is 566. The van der Waals surface area contributed by atoms with Gasteiger partial charge in [0.1, 0.15) is 5.82 Å². The van der Waals surface area contributed by atoms with Crippen molar-refractivity contribution in [2.45, 2.75) is 70.1 Å². The lowest BCUT2D eigenvalue weighted by atomic mass is 10.0. The Morgan fingerprint density at radius 1 is 1.16 bits per heavy atom. The fraction of sp³-hybridized carbons (Fsp3) is 0.650. The van der Waals surface area contributed by atoms with Crippen molar-refractivity contribution in [2.75, 3.05) is 13.1 Å². The molecule has 1 heterocycles. The minimum atomic E-state index is -0.269. The molecule has 25 heavy (non-hydrogen) atoms. The van der Waals surface area contributed by atoms with Gasteiger partial charge in [0.2, 0.25) is 5.91 Å². The fourth-order valence-corrected chi connectivity index (χ4v) is 4.02. The van der Waals surface area contributed by atoms with Gasteiger partial charge in [0.05, 0.1) is 6.04 Å². The van der Waals surface area contributed by atoms with E-state index in [4.69, 9.17) is 0 Å². The van der Waals surface area contributed by atoms with Gasteiger partial charge in [-0.3, -0.25) is 9.69 Å². The molecule has 2 N–H and O–H groups in total. The summed E-state index contributed by atoms with van der Waals surface area (Å²) in [7, 11) is 0. The van der Waals surface area contributed by atoms with Gasteiger partial charge in [-0.25, -0.2) is 4.39 Å². The molecule has 1 unspecified atom stereocenters. The van der Waals surface area contributed by atoms with E-state index in [1.54, 1.807) is 18.2 Å². The molecule has 1 aliphatic heterocycles. The highest BCUT2D eigenvalue weighted by Gasteiger charge is 2.28. The number of hydrogen-bond acceptors (Lipinski definition) is 3. The van der Waals surface area contributed by atoms with Gasteiger partial charge in [0.25, 0.3) is 0 Å². The molecule has 1 saturated heterocycles. The summed E-state index contributed by atoms with van der Waals surface area (Å²) in [5.41, 5.74) is 0.530. The molecule has 1 aliphatic carbocycles. The van der Waals surface area contributed by atoms with E-state index in [-0.39, 0.29) is 24.3 Å². The maximum atomic E-state index is 13.6. The van der Waals surface area contributed by atoms with Gasteiger partial charge in [-0.1, -0.05) is 31.0 Å². The van der Waals surface area contributed by atoms with Crippen molar-refractivity contribution in [3.05, 3.63) is 35.6 Å². The van der Waals surface area contributed by atoms with Crippen molar-refractivity contribution in [2.24, 2.45) is 0 Å². The van der Waals surface area contributed by atoms with E-state index in [1.165, 1.54) is 31.7 Å². The van der Waals surface area contributed by atoms with Crippen molar-refractivity contribution in [1.29, 1.82) is 0 Å². The number of halogens is 1. The Morgan fingerprint density at radius 2 is 1.80 bits per heavy atom. The molecule has 1 aromatic carbocycles. The molecule has 0 radical (unpaired) electrons. The van der Waals surface area contributed by atoms with Crippen LogP contribution in [0.25, 0.3) is 0 Å². The first kappa shape index (κ1) is 18.3. The minimum Gasteiger partial charge on any atom is -0.351 e. The van der Waals surface area contributed by atoms with Gasteiger partial charge in [-0.05, 0) is 38.7 Å². The van der Waals surface area contributed by atoms with E-state index < -0.39 is 0 Å². The lowest BCUT2D eigenvalue weighted by Gasteiger charge is -2.36. The highest BCUT2D eigenvalue weighted by atomic mass is 19.1. The molecule has 2 aliphatic rings. The molecular formula is C20H30FN3O. The molecule has 5 heteroatoms. The zero-order valence-electron chi connectivity index (χ0n) is 15.1. The Hall–Kier alpha value is -1.46. The first-order valence-corrected chi connectivity index (χ1v) is 9.64. The van der Waals surface area contributed by atoms with Gasteiger partial charge >= 0.3 is 0 Å². The summed E-state index contributed by atoms with van der Waals surface area (Å²) in [6.45, 7) is 4.08. The van der Waals surface area contributed by atoms with Crippen LogP contribution in [0.5, 0.6) is 0 Å². The highest BCUT2D eigenvalue weighted by Crippen LogP contribution is 2.21. The number of likely N-dealkylation sites (tertiary alicyclic amines) is 1. The molecular weight excluding hydrogens is 317 g/mol. The number of nitrogens with one attached hydrogen (secondary N) is 2. The van der Waals surface area contributed by atoms with Gasteiger partial charge in [0, 0.05) is 37.3 Å². The number of carbonyl (C=O) groups excluding carboxylic acids is 1. The average Bonchev–Trinajstić information content (AvgIpc) is 3.14. The van der Waals surface area contributed by atoms with E-state index >= 15 is 0 Å². The SMILES string of the molecule is CC(C(=O)NCc1ccccc1F)N1CCC(NC2CCCC2)CC1. The summed E-state index contributed by atoms with van der Waals surface area (Å²) in [6, 6.07) is 7.71. The first-order valence-electron chi connectivity index (χ1n) is 9.64. The lowest BCUT2D eigenvalue weighted by molar-refractivity contribution is -0.126. The van der Waals surface area contributed by atoms with Crippen LogP contribution >= 0.6 is 0 Å². The lowest BCUT2D eigenvalue weighted by Crippen LogP contribution is -2.51. The molecule has 0 bridgehead atoms. The van der Waals surface area contributed by atoms with Crippen LogP contribution in [0.4, 0.5) is 4.39 Å². The van der Waals surface area contributed by atoms with Gasteiger partial charge in [0.15, 0.2) is 0 Å². The number of carbonyl (C=O) groups is 1. The normalized spacial score (nSPS) is 21.4. The van der Waals surface area contributed by atoms with E-state index in [0.29, 0.717) is 17.6 Å². The summed E-state index contributed by atoms with van der Waals surface area (Å²) in [5, 5.41) is 6.66. The van der Waals surface area contributed by atoms with Crippen molar-refractivity contribution in [1.82, 2.24) is 15.5 Å². The monoisotopic (exact) mass is 347 g/mol. The second-order valence-electron chi connectivity index (χ2n) is 7.44. The van der Waals surface area contributed by atoms with Crippen LogP contribution in [-0.2, 0) is 11.3 Å². The Kier molecular flexibility index (Phi) is 6.43. The number of benzene rings is 1. The topological polar surface area (TPSA) is 44.4 Å². The Balaban J connectivity index is 1.41. The Labute approximate surface area is 150 Å². The molecule has 1 amide bonds.